The third kappa shape index (κ3) is 6.40. The Labute approximate surface area is 217 Å². The van der Waals surface area contributed by atoms with Gasteiger partial charge in [-0.25, -0.2) is 9.78 Å². The van der Waals surface area contributed by atoms with Gasteiger partial charge in [-0.15, -0.1) is 24.8 Å². The Hall–Kier alpha value is -3.38. The van der Waals surface area contributed by atoms with Crippen molar-refractivity contribution in [1.29, 1.82) is 0 Å². The van der Waals surface area contributed by atoms with E-state index < -0.39 is 5.97 Å². The summed E-state index contributed by atoms with van der Waals surface area (Å²) in [7, 11) is 0. The lowest BCUT2D eigenvalue weighted by Crippen LogP contribution is -2.03. The highest BCUT2D eigenvalue weighted by Crippen LogP contribution is 2.31. The van der Waals surface area contributed by atoms with Crippen molar-refractivity contribution in [2.24, 2.45) is 5.73 Å². The number of carboxylic acids is 1. The molecule has 0 atom stereocenters. The normalized spacial score (nSPS) is 10.2. The molecular weight excluding hydrogens is 483 g/mol. The van der Waals surface area contributed by atoms with Crippen LogP contribution in [-0.4, -0.2) is 16.1 Å². The summed E-state index contributed by atoms with van der Waals surface area (Å²) in [5.41, 5.74) is 13.3. The summed E-state index contributed by atoms with van der Waals surface area (Å²) in [5.74, 6) is 0.0740. The Balaban J connectivity index is 0.00000216. The maximum absolute atomic E-state index is 11.8. The van der Waals surface area contributed by atoms with Gasteiger partial charge in [-0.3, -0.25) is 0 Å². The van der Waals surface area contributed by atoms with E-state index >= 15 is 0 Å². The van der Waals surface area contributed by atoms with Crippen LogP contribution in [0.4, 0.5) is 0 Å². The molecule has 7 heteroatoms. The van der Waals surface area contributed by atoms with Crippen LogP contribution in [0.5, 0.6) is 11.6 Å². The first kappa shape index (κ1) is 27.9. The quantitative estimate of drug-likeness (QED) is 0.288. The molecule has 1 heterocycles. The van der Waals surface area contributed by atoms with Crippen molar-refractivity contribution in [3.63, 3.8) is 0 Å². The molecule has 0 aliphatic rings. The average molecular weight is 511 g/mol. The van der Waals surface area contributed by atoms with E-state index in [1.807, 2.05) is 63.2 Å². The Bertz CT molecular complexity index is 1360. The molecule has 4 rings (SSSR count). The lowest BCUT2D eigenvalue weighted by molar-refractivity contribution is 0.0697. The molecule has 0 spiro atoms. The molecule has 0 aliphatic heterocycles. The first-order valence-corrected chi connectivity index (χ1v) is 10.7. The van der Waals surface area contributed by atoms with Gasteiger partial charge in [0.15, 0.2) is 0 Å². The number of ether oxygens (including phenoxy) is 1. The standard InChI is InChI=1S/C28H26N2O3.2ClH/c1-17-10-22(21-7-4-6-20(14-21)16-29)15-23(11-17)33-27-9-5-8-26(30-27)24-12-18(2)19(3)13-25(24)28(31)32;;/h4-15H,16,29H2,1-3H3,(H,31,32);2*1H. The number of benzene rings is 3. The fourth-order valence-electron chi connectivity index (χ4n) is 3.80. The number of aromatic nitrogens is 1. The van der Waals surface area contributed by atoms with Crippen LogP contribution in [0.15, 0.2) is 72.8 Å². The van der Waals surface area contributed by atoms with Crippen molar-refractivity contribution in [3.05, 3.63) is 101 Å². The molecule has 3 N–H and O–H groups in total. The number of carboxylic acid groups (broad SMARTS) is 1. The summed E-state index contributed by atoms with van der Waals surface area (Å²) in [6.07, 6.45) is 0. The molecule has 0 unspecified atom stereocenters. The lowest BCUT2D eigenvalue weighted by Gasteiger charge is -2.12. The van der Waals surface area contributed by atoms with Gasteiger partial charge < -0.3 is 15.6 Å². The van der Waals surface area contributed by atoms with E-state index in [9.17, 15) is 9.90 Å². The third-order valence-corrected chi connectivity index (χ3v) is 5.63. The molecule has 0 saturated carbocycles. The van der Waals surface area contributed by atoms with Gasteiger partial charge in [0.05, 0.1) is 11.3 Å². The van der Waals surface area contributed by atoms with Crippen LogP contribution in [0.3, 0.4) is 0 Å². The van der Waals surface area contributed by atoms with Crippen molar-refractivity contribution in [3.8, 4) is 34.0 Å². The second kappa shape index (κ2) is 11.8. The van der Waals surface area contributed by atoms with E-state index in [0.717, 1.165) is 33.4 Å². The molecule has 1 aromatic heterocycles. The number of aromatic carboxylic acids is 1. The molecular formula is C28H28Cl2N2O3. The van der Waals surface area contributed by atoms with Gasteiger partial charge in [-0.05, 0) is 90.6 Å². The summed E-state index contributed by atoms with van der Waals surface area (Å²) >= 11 is 0. The SMILES string of the molecule is Cc1cc(Oc2cccc(-c3cc(C)c(C)cc3C(=O)O)n2)cc(-c2cccc(CN)c2)c1.Cl.Cl. The first-order valence-electron chi connectivity index (χ1n) is 10.7. The predicted molar refractivity (Wildman–Crippen MR) is 145 cm³/mol. The number of hydrogen-bond donors (Lipinski definition) is 2. The van der Waals surface area contributed by atoms with Gasteiger partial charge in [-0.1, -0.05) is 30.3 Å². The van der Waals surface area contributed by atoms with Crippen molar-refractivity contribution < 1.29 is 14.6 Å². The molecule has 35 heavy (non-hydrogen) atoms. The zero-order valence-corrected chi connectivity index (χ0v) is 21.4. The molecule has 5 nitrogen and oxygen atoms in total. The van der Waals surface area contributed by atoms with Crippen molar-refractivity contribution >= 4 is 30.8 Å². The second-order valence-electron chi connectivity index (χ2n) is 8.19. The summed E-state index contributed by atoms with van der Waals surface area (Å²) in [6.45, 7) is 6.35. The summed E-state index contributed by atoms with van der Waals surface area (Å²) in [6, 6.07) is 23.1. The Morgan fingerprint density at radius 3 is 2.31 bits per heavy atom. The first-order chi connectivity index (χ1) is 15.8. The minimum Gasteiger partial charge on any atom is -0.478 e. The number of pyridine rings is 1. The highest BCUT2D eigenvalue weighted by molar-refractivity contribution is 5.96. The largest absolute Gasteiger partial charge is 0.478 e. The van der Waals surface area contributed by atoms with Crippen LogP contribution < -0.4 is 10.5 Å². The smallest absolute Gasteiger partial charge is 0.336 e. The zero-order valence-electron chi connectivity index (χ0n) is 19.7. The molecule has 0 amide bonds. The fourth-order valence-corrected chi connectivity index (χ4v) is 3.80. The van der Waals surface area contributed by atoms with Crippen molar-refractivity contribution in [2.45, 2.75) is 27.3 Å². The maximum atomic E-state index is 11.8. The van der Waals surface area contributed by atoms with Gasteiger partial charge in [0.1, 0.15) is 5.75 Å². The predicted octanol–water partition coefficient (Wildman–Crippen LogP) is 7.13. The van der Waals surface area contributed by atoms with E-state index in [0.29, 0.717) is 29.4 Å². The van der Waals surface area contributed by atoms with Crippen LogP contribution in [0.1, 0.15) is 32.6 Å². The summed E-state index contributed by atoms with van der Waals surface area (Å²) in [4.78, 5) is 16.4. The number of nitrogens with zero attached hydrogens (tertiary/aromatic N) is 1. The van der Waals surface area contributed by atoms with Crippen LogP contribution >= 0.6 is 24.8 Å². The van der Waals surface area contributed by atoms with Crippen molar-refractivity contribution in [1.82, 2.24) is 4.98 Å². The molecule has 4 aromatic rings. The van der Waals surface area contributed by atoms with Gasteiger partial charge in [0.2, 0.25) is 5.88 Å². The van der Waals surface area contributed by atoms with E-state index in [1.165, 1.54) is 0 Å². The van der Waals surface area contributed by atoms with Gasteiger partial charge in [0.25, 0.3) is 0 Å². The van der Waals surface area contributed by atoms with Crippen LogP contribution in [0, 0.1) is 20.8 Å². The van der Waals surface area contributed by atoms with E-state index in [4.69, 9.17) is 10.5 Å². The number of nitrogens with two attached hydrogens (primary N) is 1. The van der Waals surface area contributed by atoms with Crippen LogP contribution in [0.25, 0.3) is 22.4 Å². The van der Waals surface area contributed by atoms with E-state index in [1.54, 1.807) is 18.2 Å². The number of halogens is 2. The molecule has 0 aliphatic carbocycles. The van der Waals surface area contributed by atoms with Crippen LogP contribution in [-0.2, 0) is 6.54 Å². The molecule has 3 aromatic carbocycles. The molecule has 0 radical (unpaired) electrons. The topological polar surface area (TPSA) is 85.4 Å². The Morgan fingerprint density at radius 1 is 0.886 bits per heavy atom. The highest BCUT2D eigenvalue weighted by atomic mass is 35.5. The maximum Gasteiger partial charge on any atom is 0.336 e. The fraction of sp³-hybridized carbons (Fsp3) is 0.143. The second-order valence-corrected chi connectivity index (χ2v) is 8.19. The molecule has 0 saturated heterocycles. The average Bonchev–Trinajstić information content (AvgIpc) is 2.80. The van der Waals surface area contributed by atoms with E-state index in [-0.39, 0.29) is 30.4 Å². The Morgan fingerprint density at radius 2 is 1.60 bits per heavy atom. The molecule has 0 bridgehead atoms. The number of aryl methyl sites for hydroxylation is 3. The minimum atomic E-state index is -0.982. The van der Waals surface area contributed by atoms with Gasteiger partial charge in [-0.2, -0.15) is 0 Å². The van der Waals surface area contributed by atoms with Gasteiger partial charge in [0, 0.05) is 18.2 Å². The van der Waals surface area contributed by atoms with Crippen molar-refractivity contribution in [2.75, 3.05) is 0 Å². The number of rotatable bonds is 6. The van der Waals surface area contributed by atoms with Gasteiger partial charge >= 0.3 is 5.97 Å². The summed E-state index contributed by atoms with van der Waals surface area (Å²) < 4.78 is 6.11. The lowest BCUT2D eigenvalue weighted by atomic mass is 9.97. The number of hydrogen-bond acceptors (Lipinski definition) is 4. The van der Waals surface area contributed by atoms with E-state index in [2.05, 4.69) is 17.1 Å². The Kier molecular flexibility index (Phi) is 9.43. The molecule has 0 fully saturated rings. The minimum absolute atomic E-state index is 0. The molecule has 182 valence electrons. The summed E-state index contributed by atoms with van der Waals surface area (Å²) in [5, 5.41) is 9.69. The zero-order chi connectivity index (χ0) is 23.5. The monoisotopic (exact) mass is 510 g/mol. The van der Waals surface area contributed by atoms with Crippen LogP contribution in [0.2, 0.25) is 0 Å². The highest BCUT2D eigenvalue weighted by Gasteiger charge is 2.15. The number of carbonyl (C=O) groups is 1. The third-order valence-electron chi connectivity index (χ3n) is 5.63.